The molecule has 5 atom stereocenters. The van der Waals surface area contributed by atoms with Crippen molar-refractivity contribution in [2.45, 2.75) is 84.0 Å². The Kier molecular flexibility index (Phi) is 14.7. The molecule has 0 saturated carbocycles. The van der Waals surface area contributed by atoms with E-state index >= 15 is 0 Å². The summed E-state index contributed by atoms with van der Waals surface area (Å²) in [6.07, 6.45) is 0.460. The summed E-state index contributed by atoms with van der Waals surface area (Å²) in [7, 11) is 0. The van der Waals surface area contributed by atoms with Crippen LogP contribution in [-0.2, 0) is 24.0 Å². The number of carbonyl (C=O) groups is 5. The highest BCUT2D eigenvalue weighted by Crippen LogP contribution is 2.12. The van der Waals surface area contributed by atoms with Gasteiger partial charge in [-0.2, -0.15) is 0 Å². The average molecular weight is 516 g/mol. The highest BCUT2D eigenvalue weighted by molar-refractivity contribution is 5.94. The zero-order chi connectivity index (χ0) is 28.0. The first-order valence-electron chi connectivity index (χ1n) is 11.9. The van der Waals surface area contributed by atoms with Gasteiger partial charge < -0.3 is 43.4 Å². The van der Waals surface area contributed by atoms with Crippen LogP contribution in [0.4, 0.5) is 0 Å². The molecule has 0 aliphatic heterocycles. The van der Waals surface area contributed by atoms with Gasteiger partial charge in [0.15, 0.2) is 5.96 Å². The van der Waals surface area contributed by atoms with E-state index in [0.29, 0.717) is 12.8 Å². The fraction of sp³-hybridized carbons (Fsp3) is 0.727. The Morgan fingerprint density at radius 2 is 1.42 bits per heavy atom. The molecule has 14 heteroatoms. The summed E-state index contributed by atoms with van der Waals surface area (Å²) in [5, 5.41) is 25.9. The molecule has 0 bridgehead atoms. The third-order valence-electron chi connectivity index (χ3n) is 5.61. The van der Waals surface area contributed by atoms with Gasteiger partial charge in [0.2, 0.25) is 17.7 Å². The fourth-order valence-corrected chi connectivity index (χ4v) is 3.17. The van der Waals surface area contributed by atoms with Crippen molar-refractivity contribution >= 4 is 35.6 Å². The van der Waals surface area contributed by atoms with E-state index in [1.54, 1.807) is 20.8 Å². The van der Waals surface area contributed by atoms with Crippen LogP contribution in [0.3, 0.4) is 0 Å². The first-order chi connectivity index (χ1) is 16.7. The highest BCUT2D eigenvalue weighted by atomic mass is 16.4. The van der Waals surface area contributed by atoms with Crippen LogP contribution in [-0.4, -0.2) is 76.5 Å². The zero-order valence-electron chi connectivity index (χ0n) is 21.3. The summed E-state index contributed by atoms with van der Waals surface area (Å²) >= 11 is 0. The molecule has 206 valence electrons. The van der Waals surface area contributed by atoms with E-state index in [1.165, 1.54) is 0 Å². The Bertz CT molecular complexity index is 800. The lowest BCUT2D eigenvalue weighted by Gasteiger charge is -2.29. The summed E-state index contributed by atoms with van der Waals surface area (Å²) in [5.41, 5.74) is 16.2. The lowest BCUT2D eigenvalue weighted by atomic mass is 9.95. The summed E-state index contributed by atoms with van der Waals surface area (Å²) in [6, 6.07) is -4.47. The number of carbonyl (C=O) groups excluding carboxylic acids is 3. The second kappa shape index (κ2) is 16.3. The molecule has 0 radical (unpaired) electrons. The van der Waals surface area contributed by atoms with Crippen LogP contribution >= 0.6 is 0 Å². The number of nitrogens with two attached hydrogens (primary N) is 3. The maximum absolute atomic E-state index is 13.0. The van der Waals surface area contributed by atoms with Crippen molar-refractivity contribution in [3.05, 3.63) is 0 Å². The number of carboxylic acids is 2. The van der Waals surface area contributed by atoms with E-state index in [2.05, 4.69) is 20.9 Å². The topological polar surface area (TPSA) is 252 Å². The maximum atomic E-state index is 13.0. The van der Waals surface area contributed by atoms with Crippen LogP contribution in [0.1, 0.15) is 59.8 Å². The van der Waals surface area contributed by atoms with E-state index in [4.69, 9.17) is 22.3 Å². The monoisotopic (exact) mass is 515 g/mol. The molecule has 36 heavy (non-hydrogen) atoms. The van der Waals surface area contributed by atoms with Gasteiger partial charge in [0.1, 0.15) is 18.1 Å². The summed E-state index contributed by atoms with van der Waals surface area (Å²) < 4.78 is 0. The standard InChI is InChI=1S/C22H41N7O7/c1-5-12(4)17(20(34)27-14(21(35)36)7-6-10-26-22(24)25)29-19(33)16(11(2)3)28-18(32)13(23)8-9-15(30)31/h11-14,16-17H,5-10,23H2,1-4H3,(H,27,34)(H,28,32)(H,29,33)(H,30,31)(H,35,36)(H4,24,25,26). The van der Waals surface area contributed by atoms with Gasteiger partial charge >= 0.3 is 11.9 Å². The molecule has 0 aromatic heterocycles. The van der Waals surface area contributed by atoms with Gasteiger partial charge in [-0.25, -0.2) is 4.79 Å². The normalized spacial score (nSPS) is 15.1. The number of rotatable bonds is 17. The third kappa shape index (κ3) is 12.3. The first-order valence-corrected chi connectivity index (χ1v) is 11.9. The molecule has 0 saturated heterocycles. The predicted octanol–water partition coefficient (Wildman–Crippen LogP) is -1.53. The van der Waals surface area contributed by atoms with Gasteiger partial charge in [-0.1, -0.05) is 34.1 Å². The maximum Gasteiger partial charge on any atom is 0.326 e. The van der Waals surface area contributed by atoms with E-state index in [9.17, 15) is 29.1 Å². The molecule has 14 nitrogen and oxygen atoms in total. The van der Waals surface area contributed by atoms with Crippen LogP contribution in [0, 0.1) is 11.8 Å². The van der Waals surface area contributed by atoms with Gasteiger partial charge in [-0.15, -0.1) is 0 Å². The quantitative estimate of drug-likeness (QED) is 0.0630. The Balaban J connectivity index is 5.42. The van der Waals surface area contributed by atoms with Gasteiger partial charge in [-0.3, -0.25) is 24.2 Å². The SMILES string of the molecule is CCC(C)C(NC(=O)C(NC(=O)C(N)CCC(=O)O)C(C)C)C(=O)NC(CCCN=C(N)N)C(=O)O. The fourth-order valence-electron chi connectivity index (χ4n) is 3.17. The number of carboxylic acid groups (broad SMARTS) is 2. The predicted molar refractivity (Wildman–Crippen MR) is 132 cm³/mol. The molecule has 0 spiro atoms. The second-order valence-corrected chi connectivity index (χ2v) is 8.99. The molecule has 0 fully saturated rings. The summed E-state index contributed by atoms with van der Waals surface area (Å²) in [6.45, 7) is 7.09. The zero-order valence-corrected chi connectivity index (χ0v) is 21.3. The van der Waals surface area contributed by atoms with Crippen molar-refractivity contribution in [2.75, 3.05) is 6.54 Å². The van der Waals surface area contributed by atoms with Crippen molar-refractivity contribution in [2.24, 2.45) is 34.0 Å². The number of nitrogens with zero attached hydrogens (tertiary/aromatic N) is 1. The van der Waals surface area contributed by atoms with Crippen molar-refractivity contribution < 1.29 is 34.2 Å². The molecule has 0 aromatic rings. The molecule has 0 aromatic carbocycles. The summed E-state index contributed by atoms with van der Waals surface area (Å²) in [4.78, 5) is 64.6. The second-order valence-electron chi connectivity index (χ2n) is 8.99. The Morgan fingerprint density at radius 3 is 1.89 bits per heavy atom. The van der Waals surface area contributed by atoms with Gasteiger partial charge in [0.05, 0.1) is 6.04 Å². The van der Waals surface area contributed by atoms with Crippen molar-refractivity contribution in [3.63, 3.8) is 0 Å². The first kappa shape index (κ1) is 32.6. The molecular weight excluding hydrogens is 474 g/mol. The molecule has 3 amide bonds. The number of amides is 3. The Morgan fingerprint density at radius 1 is 0.861 bits per heavy atom. The van der Waals surface area contributed by atoms with E-state index in [0.717, 1.165) is 0 Å². The minimum absolute atomic E-state index is 0.0674. The molecule has 0 rings (SSSR count). The van der Waals surface area contributed by atoms with Crippen LogP contribution in [0.5, 0.6) is 0 Å². The number of nitrogens with one attached hydrogen (secondary N) is 3. The Labute approximate surface area is 210 Å². The highest BCUT2D eigenvalue weighted by Gasteiger charge is 2.33. The lowest BCUT2D eigenvalue weighted by molar-refractivity contribution is -0.143. The molecule has 0 heterocycles. The van der Waals surface area contributed by atoms with Crippen LogP contribution in [0.15, 0.2) is 4.99 Å². The van der Waals surface area contributed by atoms with E-state index in [1.807, 2.05) is 6.92 Å². The molecule has 0 aliphatic rings. The van der Waals surface area contributed by atoms with Crippen molar-refractivity contribution in [1.82, 2.24) is 16.0 Å². The molecule has 5 unspecified atom stereocenters. The largest absolute Gasteiger partial charge is 0.481 e. The van der Waals surface area contributed by atoms with Crippen LogP contribution in [0.25, 0.3) is 0 Å². The Hall–Kier alpha value is -3.42. The molecular formula is C22H41N7O7. The van der Waals surface area contributed by atoms with Gasteiger partial charge in [0, 0.05) is 13.0 Å². The van der Waals surface area contributed by atoms with Crippen LogP contribution in [0.2, 0.25) is 0 Å². The molecule has 11 N–H and O–H groups in total. The van der Waals surface area contributed by atoms with E-state index in [-0.39, 0.29) is 43.6 Å². The number of hydrogen-bond donors (Lipinski definition) is 8. The lowest BCUT2D eigenvalue weighted by Crippen LogP contribution is -2.59. The smallest absolute Gasteiger partial charge is 0.326 e. The number of guanidine groups is 1. The number of hydrogen-bond acceptors (Lipinski definition) is 7. The molecule has 0 aliphatic carbocycles. The van der Waals surface area contributed by atoms with Crippen LogP contribution < -0.4 is 33.2 Å². The van der Waals surface area contributed by atoms with Gasteiger partial charge in [-0.05, 0) is 31.1 Å². The summed E-state index contributed by atoms with van der Waals surface area (Å²) in [5.74, 6) is -5.24. The third-order valence-corrected chi connectivity index (χ3v) is 5.61. The number of aliphatic imine (C=N–C) groups is 1. The van der Waals surface area contributed by atoms with Gasteiger partial charge in [0.25, 0.3) is 0 Å². The average Bonchev–Trinajstić information content (AvgIpc) is 2.79. The minimum Gasteiger partial charge on any atom is -0.481 e. The van der Waals surface area contributed by atoms with Crippen molar-refractivity contribution in [3.8, 4) is 0 Å². The van der Waals surface area contributed by atoms with E-state index < -0.39 is 53.8 Å². The van der Waals surface area contributed by atoms with Crippen molar-refractivity contribution in [1.29, 1.82) is 0 Å². The minimum atomic E-state index is -1.25. The number of aliphatic carboxylic acids is 2.